The molecule has 0 heterocycles. The highest BCUT2D eigenvalue weighted by atomic mass is 31.0. The number of hydrogen-bond donors (Lipinski definition) is 0. The zero-order chi connectivity index (χ0) is 18.7. The second kappa shape index (κ2) is 5.43. The SMILES string of the molecule is CC(C)(C)C1(C(C)(C)C)C(C)(P)C1(c1ccccc1)c1ccccc1. The fourth-order valence-corrected chi connectivity index (χ4v) is 8.69. The normalized spacial score (nSPS) is 24.8. The van der Waals surface area contributed by atoms with Crippen molar-refractivity contribution in [2.24, 2.45) is 16.2 Å². The third-order valence-corrected chi connectivity index (χ3v) is 7.59. The van der Waals surface area contributed by atoms with E-state index in [1.807, 2.05) is 0 Å². The highest BCUT2D eigenvalue weighted by Crippen LogP contribution is 2.89. The van der Waals surface area contributed by atoms with Gasteiger partial charge in [0.15, 0.2) is 0 Å². The molecule has 25 heavy (non-hydrogen) atoms. The van der Waals surface area contributed by atoms with E-state index in [-0.39, 0.29) is 26.8 Å². The molecule has 0 aromatic heterocycles. The van der Waals surface area contributed by atoms with E-state index in [0.717, 1.165) is 0 Å². The van der Waals surface area contributed by atoms with Crippen molar-refractivity contribution in [3.05, 3.63) is 71.8 Å². The van der Waals surface area contributed by atoms with Crippen molar-refractivity contribution in [2.45, 2.75) is 59.0 Å². The van der Waals surface area contributed by atoms with E-state index >= 15 is 0 Å². The third-order valence-electron chi connectivity index (χ3n) is 6.72. The zero-order valence-corrected chi connectivity index (χ0v) is 18.0. The molecule has 1 heteroatoms. The summed E-state index contributed by atoms with van der Waals surface area (Å²) in [5.41, 5.74) is 3.24. The minimum atomic E-state index is -0.0241. The Morgan fingerprint density at radius 3 is 1.20 bits per heavy atom. The van der Waals surface area contributed by atoms with Gasteiger partial charge in [0.25, 0.3) is 0 Å². The van der Waals surface area contributed by atoms with Crippen LogP contribution < -0.4 is 0 Å². The Hall–Kier alpha value is -1.13. The highest BCUT2D eigenvalue weighted by molar-refractivity contribution is 7.20. The Morgan fingerprint density at radius 1 is 0.640 bits per heavy atom. The molecule has 2 unspecified atom stereocenters. The lowest BCUT2D eigenvalue weighted by molar-refractivity contribution is 0.0481. The zero-order valence-electron chi connectivity index (χ0n) is 16.9. The summed E-state index contributed by atoms with van der Waals surface area (Å²) >= 11 is 0. The topological polar surface area (TPSA) is 0 Å². The van der Waals surface area contributed by atoms with Crippen molar-refractivity contribution in [3.8, 4) is 0 Å². The van der Waals surface area contributed by atoms with Crippen molar-refractivity contribution in [1.82, 2.24) is 0 Å². The first-order valence-electron chi connectivity index (χ1n) is 9.36. The Bertz CT molecular complexity index is 689. The lowest BCUT2D eigenvalue weighted by Crippen LogP contribution is -2.42. The van der Waals surface area contributed by atoms with Gasteiger partial charge in [-0.3, -0.25) is 0 Å². The summed E-state index contributed by atoms with van der Waals surface area (Å²) in [4.78, 5) is 0. The van der Waals surface area contributed by atoms with Crippen LogP contribution >= 0.6 is 9.24 Å². The third kappa shape index (κ3) is 2.04. The molecule has 1 aliphatic carbocycles. The fourth-order valence-electron chi connectivity index (χ4n) is 7.13. The molecule has 0 spiro atoms. The molecule has 1 saturated carbocycles. The van der Waals surface area contributed by atoms with Gasteiger partial charge < -0.3 is 0 Å². The van der Waals surface area contributed by atoms with Crippen LogP contribution in [-0.4, -0.2) is 5.16 Å². The van der Waals surface area contributed by atoms with E-state index in [2.05, 4.69) is 118 Å². The molecule has 0 nitrogen and oxygen atoms in total. The second-order valence-electron chi connectivity index (χ2n) is 9.93. The van der Waals surface area contributed by atoms with Gasteiger partial charge in [-0.25, -0.2) is 0 Å². The molecular formula is C24H33P. The summed E-state index contributed by atoms with van der Waals surface area (Å²) in [6.45, 7) is 17.0. The molecule has 2 atom stereocenters. The van der Waals surface area contributed by atoms with Gasteiger partial charge in [0, 0.05) is 16.0 Å². The molecule has 3 rings (SSSR count). The first-order chi connectivity index (χ1) is 11.5. The van der Waals surface area contributed by atoms with E-state index < -0.39 is 0 Å². The molecule has 134 valence electrons. The van der Waals surface area contributed by atoms with Crippen LogP contribution in [0.2, 0.25) is 0 Å². The van der Waals surface area contributed by atoms with Gasteiger partial charge in [-0.05, 0) is 22.0 Å². The largest absolute Gasteiger partial charge is 0.129 e. The van der Waals surface area contributed by atoms with Gasteiger partial charge in [-0.2, -0.15) is 0 Å². The first kappa shape index (κ1) is 18.7. The van der Waals surface area contributed by atoms with Gasteiger partial charge in [-0.15, -0.1) is 9.24 Å². The van der Waals surface area contributed by atoms with Crippen LogP contribution in [0.3, 0.4) is 0 Å². The Labute approximate surface area is 156 Å². The van der Waals surface area contributed by atoms with Gasteiger partial charge in [-0.1, -0.05) is 109 Å². The monoisotopic (exact) mass is 352 g/mol. The van der Waals surface area contributed by atoms with Gasteiger partial charge >= 0.3 is 0 Å². The molecular weight excluding hydrogens is 319 g/mol. The smallest absolute Gasteiger partial charge is 0.0371 e. The summed E-state index contributed by atoms with van der Waals surface area (Å²) in [5.74, 6) is 0. The van der Waals surface area contributed by atoms with Crippen molar-refractivity contribution < 1.29 is 0 Å². The molecule has 0 amide bonds. The maximum absolute atomic E-state index is 3.28. The van der Waals surface area contributed by atoms with Crippen LogP contribution in [0, 0.1) is 16.2 Å². The van der Waals surface area contributed by atoms with Crippen molar-refractivity contribution in [1.29, 1.82) is 0 Å². The Morgan fingerprint density at radius 2 is 0.960 bits per heavy atom. The predicted octanol–water partition coefficient (Wildman–Crippen LogP) is 6.70. The van der Waals surface area contributed by atoms with E-state index in [4.69, 9.17) is 0 Å². The van der Waals surface area contributed by atoms with Gasteiger partial charge in [0.05, 0.1) is 0 Å². The molecule has 1 aliphatic rings. The second-order valence-corrected chi connectivity index (χ2v) is 11.1. The predicted molar refractivity (Wildman–Crippen MR) is 113 cm³/mol. The van der Waals surface area contributed by atoms with Crippen molar-refractivity contribution >= 4 is 9.24 Å². The molecule has 0 radical (unpaired) electrons. The molecule has 0 N–H and O–H groups in total. The van der Waals surface area contributed by atoms with Crippen LogP contribution in [0.4, 0.5) is 0 Å². The maximum Gasteiger partial charge on any atom is 0.0371 e. The lowest BCUT2D eigenvalue weighted by Gasteiger charge is -2.47. The van der Waals surface area contributed by atoms with E-state index in [1.165, 1.54) is 11.1 Å². The summed E-state index contributed by atoms with van der Waals surface area (Å²) in [6, 6.07) is 22.3. The van der Waals surface area contributed by atoms with Crippen molar-refractivity contribution in [3.63, 3.8) is 0 Å². The minimum Gasteiger partial charge on any atom is -0.129 e. The molecule has 2 aromatic rings. The summed E-state index contributed by atoms with van der Waals surface area (Å²) in [6.07, 6.45) is 0. The standard InChI is InChI=1S/C24H33P/c1-20(2,3)24(21(4,5)6)22(7,25)23(24,18-14-10-8-11-15-18)19-16-12-9-13-17-19/h8-17H,25H2,1-7H3. The van der Waals surface area contributed by atoms with Crippen LogP contribution in [0.1, 0.15) is 59.6 Å². The number of rotatable bonds is 2. The molecule has 0 bridgehead atoms. The minimum absolute atomic E-state index is 0.0241. The first-order valence-corrected chi connectivity index (χ1v) is 9.94. The van der Waals surface area contributed by atoms with Gasteiger partial charge in [0.2, 0.25) is 0 Å². The molecule has 1 fully saturated rings. The summed E-state index contributed by atoms with van der Waals surface area (Å²) in [5, 5.41) is 0.0687. The summed E-state index contributed by atoms with van der Waals surface area (Å²) < 4.78 is 0. The number of hydrogen-bond acceptors (Lipinski definition) is 0. The van der Waals surface area contributed by atoms with Crippen LogP contribution in [0.15, 0.2) is 60.7 Å². The average molecular weight is 353 g/mol. The van der Waals surface area contributed by atoms with E-state index in [1.54, 1.807) is 0 Å². The van der Waals surface area contributed by atoms with E-state index in [0.29, 0.717) is 0 Å². The average Bonchev–Trinajstić information content (AvgIpc) is 3.02. The lowest BCUT2D eigenvalue weighted by atomic mass is 9.57. The molecule has 0 saturated heterocycles. The van der Waals surface area contributed by atoms with Crippen molar-refractivity contribution in [2.75, 3.05) is 0 Å². The van der Waals surface area contributed by atoms with E-state index in [9.17, 15) is 0 Å². The van der Waals surface area contributed by atoms with Crippen LogP contribution in [-0.2, 0) is 5.41 Å². The Kier molecular flexibility index (Phi) is 4.05. The highest BCUT2D eigenvalue weighted by Gasteiger charge is 2.89. The number of benzene rings is 2. The quantitative estimate of drug-likeness (QED) is 0.528. The Balaban J connectivity index is 2.45. The fraction of sp³-hybridized carbons (Fsp3) is 0.500. The maximum atomic E-state index is 3.28. The van der Waals surface area contributed by atoms with Crippen LogP contribution in [0.5, 0.6) is 0 Å². The molecule has 0 aliphatic heterocycles. The molecule has 2 aromatic carbocycles. The van der Waals surface area contributed by atoms with Crippen LogP contribution in [0.25, 0.3) is 0 Å². The summed E-state index contributed by atoms with van der Waals surface area (Å²) in [7, 11) is 3.28. The van der Waals surface area contributed by atoms with Gasteiger partial charge in [0.1, 0.15) is 0 Å².